The van der Waals surface area contributed by atoms with Gasteiger partial charge in [-0.1, -0.05) is 29.8 Å². The topological polar surface area (TPSA) is 50.8 Å². The molecule has 4 rings (SSSR count). The third-order valence-corrected chi connectivity index (χ3v) is 5.60. The van der Waals surface area contributed by atoms with Gasteiger partial charge in [-0.15, -0.1) is 0 Å². The van der Waals surface area contributed by atoms with Crippen LogP contribution in [0, 0.1) is 0 Å². The number of rotatable bonds is 6. The van der Waals surface area contributed by atoms with Crippen molar-refractivity contribution in [2.45, 2.75) is 38.3 Å². The predicted molar refractivity (Wildman–Crippen MR) is 109 cm³/mol. The molecule has 0 unspecified atom stereocenters. The van der Waals surface area contributed by atoms with E-state index in [9.17, 15) is 4.79 Å². The van der Waals surface area contributed by atoms with E-state index in [0.29, 0.717) is 12.8 Å². The minimum atomic E-state index is 0.119. The number of hydrogen-bond donors (Lipinski definition) is 1. The van der Waals surface area contributed by atoms with Crippen LogP contribution in [-0.2, 0) is 17.8 Å². The molecule has 0 saturated carbocycles. The van der Waals surface area contributed by atoms with E-state index in [1.807, 2.05) is 30.3 Å². The summed E-state index contributed by atoms with van der Waals surface area (Å²) in [5.74, 6) is 1.67. The van der Waals surface area contributed by atoms with Crippen molar-refractivity contribution >= 4 is 17.5 Å². The van der Waals surface area contributed by atoms with Crippen molar-refractivity contribution in [3.63, 3.8) is 0 Å². The lowest BCUT2D eigenvalue weighted by Gasteiger charge is -2.32. The minimum absolute atomic E-state index is 0.119. The Morgan fingerprint density at radius 1 is 1.04 bits per heavy atom. The zero-order valence-corrected chi connectivity index (χ0v) is 16.6. The highest BCUT2D eigenvalue weighted by molar-refractivity contribution is 6.30. The Kier molecular flexibility index (Phi) is 6.03. The number of amides is 1. The van der Waals surface area contributed by atoms with Gasteiger partial charge in [-0.25, -0.2) is 0 Å². The predicted octanol–water partition coefficient (Wildman–Crippen LogP) is 3.78. The molecule has 0 aromatic heterocycles. The lowest BCUT2D eigenvalue weighted by atomic mass is 10.0. The van der Waals surface area contributed by atoms with Crippen LogP contribution in [0.15, 0.2) is 42.5 Å². The van der Waals surface area contributed by atoms with Gasteiger partial charge in [0.1, 0.15) is 0 Å². The number of likely N-dealkylation sites (tertiary alicyclic amines) is 1. The maximum absolute atomic E-state index is 12.3. The van der Waals surface area contributed by atoms with E-state index in [1.165, 1.54) is 5.56 Å². The molecule has 1 amide bonds. The zero-order chi connectivity index (χ0) is 19.3. The Hall–Kier alpha value is -2.24. The first kappa shape index (κ1) is 19.1. The van der Waals surface area contributed by atoms with E-state index in [-0.39, 0.29) is 18.7 Å². The van der Waals surface area contributed by atoms with Gasteiger partial charge in [0.2, 0.25) is 12.7 Å². The molecule has 0 aliphatic carbocycles. The summed E-state index contributed by atoms with van der Waals surface area (Å²) in [6.07, 6.45) is 3.18. The van der Waals surface area contributed by atoms with Crippen LogP contribution >= 0.6 is 11.6 Å². The average molecular weight is 401 g/mol. The summed E-state index contributed by atoms with van der Waals surface area (Å²) in [5, 5.41) is 3.96. The maximum Gasteiger partial charge on any atom is 0.231 e. The van der Waals surface area contributed by atoms with Gasteiger partial charge in [0.25, 0.3) is 0 Å². The van der Waals surface area contributed by atoms with Gasteiger partial charge >= 0.3 is 0 Å². The molecule has 0 spiro atoms. The number of piperidine rings is 1. The Balaban J connectivity index is 1.18. The highest BCUT2D eigenvalue weighted by Crippen LogP contribution is 2.32. The van der Waals surface area contributed by atoms with Crippen molar-refractivity contribution in [3.8, 4) is 11.5 Å². The fourth-order valence-electron chi connectivity index (χ4n) is 3.74. The number of hydrogen-bond acceptors (Lipinski definition) is 4. The summed E-state index contributed by atoms with van der Waals surface area (Å²) in [6, 6.07) is 14.2. The number of nitrogens with one attached hydrogen (secondary N) is 1. The van der Waals surface area contributed by atoms with Gasteiger partial charge in [0.15, 0.2) is 11.5 Å². The van der Waals surface area contributed by atoms with E-state index in [0.717, 1.165) is 54.6 Å². The number of aryl methyl sites for hydroxylation is 1. The summed E-state index contributed by atoms with van der Waals surface area (Å²) in [6.45, 7) is 3.20. The maximum atomic E-state index is 12.3. The Morgan fingerprint density at radius 2 is 1.75 bits per heavy atom. The highest BCUT2D eigenvalue weighted by atomic mass is 35.5. The summed E-state index contributed by atoms with van der Waals surface area (Å²) in [7, 11) is 0. The van der Waals surface area contributed by atoms with E-state index in [1.54, 1.807) is 0 Å². The van der Waals surface area contributed by atoms with E-state index in [2.05, 4.69) is 22.3 Å². The van der Waals surface area contributed by atoms with Crippen LogP contribution in [0.5, 0.6) is 11.5 Å². The third-order valence-electron chi connectivity index (χ3n) is 5.35. The van der Waals surface area contributed by atoms with Gasteiger partial charge < -0.3 is 14.8 Å². The van der Waals surface area contributed by atoms with Gasteiger partial charge in [0.05, 0.1) is 0 Å². The molecular weight excluding hydrogens is 376 g/mol. The number of carbonyl (C=O) groups is 1. The lowest BCUT2D eigenvalue weighted by Crippen LogP contribution is -2.44. The normalized spacial score (nSPS) is 16.9. The van der Waals surface area contributed by atoms with Crippen LogP contribution in [0.2, 0.25) is 5.02 Å². The molecule has 28 heavy (non-hydrogen) atoms. The molecule has 0 radical (unpaired) electrons. The van der Waals surface area contributed by atoms with E-state index in [4.69, 9.17) is 21.1 Å². The second kappa shape index (κ2) is 8.84. The number of fused-ring (bicyclic) bond motifs is 1. The van der Waals surface area contributed by atoms with E-state index < -0.39 is 0 Å². The number of carbonyl (C=O) groups excluding carboxylic acids is 1. The molecular formula is C22H25ClN2O3. The minimum Gasteiger partial charge on any atom is -0.454 e. The zero-order valence-electron chi connectivity index (χ0n) is 15.8. The first-order chi connectivity index (χ1) is 13.7. The third kappa shape index (κ3) is 4.97. The smallest absolute Gasteiger partial charge is 0.231 e. The molecule has 6 heteroatoms. The van der Waals surface area contributed by atoms with Crippen molar-refractivity contribution in [1.82, 2.24) is 10.2 Å². The fourth-order valence-corrected chi connectivity index (χ4v) is 3.86. The number of ether oxygens (including phenoxy) is 2. The second-order valence-electron chi connectivity index (χ2n) is 7.43. The molecule has 0 atom stereocenters. The first-order valence-electron chi connectivity index (χ1n) is 9.80. The fraction of sp³-hybridized carbons (Fsp3) is 0.409. The standard InChI is InChI=1S/C22H25ClN2O3/c23-18-5-1-17(2-6-18)14-25-11-9-19(10-12-25)24-22(26)8-4-16-3-7-20-21(13-16)28-15-27-20/h1-3,5-7,13,19H,4,8-12,14-15H2,(H,24,26). The van der Waals surface area contributed by atoms with Crippen molar-refractivity contribution in [2.75, 3.05) is 19.9 Å². The summed E-state index contributed by atoms with van der Waals surface area (Å²) >= 11 is 5.95. The van der Waals surface area contributed by atoms with Gasteiger partial charge in [-0.2, -0.15) is 0 Å². The molecule has 2 aromatic rings. The molecule has 2 aliphatic rings. The number of nitrogens with zero attached hydrogens (tertiary/aromatic N) is 1. The van der Waals surface area contributed by atoms with E-state index >= 15 is 0 Å². The monoisotopic (exact) mass is 400 g/mol. The largest absolute Gasteiger partial charge is 0.454 e. The van der Waals surface area contributed by atoms with Crippen molar-refractivity contribution < 1.29 is 14.3 Å². The molecule has 1 N–H and O–H groups in total. The van der Waals surface area contributed by atoms with Crippen molar-refractivity contribution in [2.24, 2.45) is 0 Å². The molecule has 1 saturated heterocycles. The summed E-state index contributed by atoms with van der Waals surface area (Å²) in [5.41, 5.74) is 2.37. The van der Waals surface area contributed by atoms with Crippen LogP contribution in [0.3, 0.4) is 0 Å². The molecule has 2 aromatic carbocycles. The quantitative estimate of drug-likeness (QED) is 0.801. The highest BCUT2D eigenvalue weighted by Gasteiger charge is 2.21. The number of halogens is 1. The summed E-state index contributed by atoms with van der Waals surface area (Å²) in [4.78, 5) is 14.8. The van der Waals surface area contributed by atoms with Crippen molar-refractivity contribution in [1.29, 1.82) is 0 Å². The van der Waals surface area contributed by atoms with Crippen LogP contribution in [0.4, 0.5) is 0 Å². The molecule has 2 heterocycles. The van der Waals surface area contributed by atoms with Gasteiger partial charge in [0, 0.05) is 37.1 Å². The van der Waals surface area contributed by atoms with Crippen LogP contribution in [0.1, 0.15) is 30.4 Å². The second-order valence-corrected chi connectivity index (χ2v) is 7.87. The SMILES string of the molecule is O=C(CCc1ccc2c(c1)OCO2)NC1CCN(Cc2ccc(Cl)cc2)CC1. The van der Waals surface area contributed by atoms with Crippen LogP contribution < -0.4 is 14.8 Å². The molecule has 148 valence electrons. The van der Waals surface area contributed by atoms with Gasteiger partial charge in [-0.05, 0) is 54.7 Å². The van der Waals surface area contributed by atoms with Crippen LogP contribution in [-0.4, -0.2) is 36.7 Å². The lowest BCUT2D eigenvalue weighted by molar-refractivity contribution is -0.122. The molecule has 5 nitrogen and oxygen atoms in total. The number of benzene rings is 2. The Labute approximate surface area is 170 Å². The summed E-state index contributed by atoms with van der Waals surface area (Å²) < 4.78 is 10.7. The average Bonchev–Trinajstić information content (AvgIpc) is 3.17. The Morgan fingerprint density at radius 3 is 2.54 bits per heavy atom. The molecule has 1 fully saturated rings. The first-order valence-corrected chi connectivity index (χ1v) is 10.2. The molecule has 2 aliphatic heterocycles. The molecule has 0 bridgehead atoms. The van der Waals surface area contributed by atoms with Gasteiger partial charge in [-0.3, -0.25) is 9.69 Å². The van der Waals surface area contributed by atoms with Crippen LogP contribution in [0.25, 0.3) is 0 Å². The Bertz CT molecular complexity index is 817. The van der Waals surface area contributed by atoms with Crippen molar-refractivity contribution in [3.05, 3.63) is 58.6 Å².